The first kappa shape index (κ1) is 21.2. The highest BCUT2D eigenvalue weighted by atomic mass is 19.1. The Morgan fingerprint density at radius 3 is 2.53 bits per heavy atom. The number of phenolic OH excluding ortho intramolecular Hbond substituents is 1. The number of nitrogens with one attached hydrogen (secondary N) is 1. The molecule has 1 amide bonds. The number of allylic oxidation sites excluding steroid dienone is 2. The second-order valence-corrected chi connectivity index (χ2v) is 7.17. The molecule has 0 bridgehead atoms. The molecule has 2 N–H and O–H groups in total. The number of halogens is 1. The number of fused-ring (bicyclic) bond motifs is 1. The number of hydrogen-bond acceptors (Lipinski definition) is 6. The van der Waals surface area contributed by atoms with Gasteiger partial charge in [0.15, 0.2) is 17.9 Å². The number of rotatable bonds is 6. The molecular weight excluding hydrogens is 415 g/mol. The van der Waals surface area contributed by atoms with E-state index < -0.39 is 5.91 Å². The maximum atomic E-state index is 14.1. The SMILES string of the molecule is COc1cc(/C=C2/C(C)=C(CNC(=O)c3cnco3)c3cc(F)ccc32)cc(OC)c1O. The number of hydrogen-bond donors (Lipinski definition) is 2. The molecule has 0 fully saturated rings. The molecule has 32 heavy (non-hydrogen) atoms. The molecule has 1 aromatic heterocycles. The molecule has 0 atom stereocenters. The third-order valence-corrected chi connectivity index (χ3v) is 5.35. The minimum Gasteiger partial charge on any atom is -0.502 e. The highest BCUT2D eigenvalue weighted by molar-refractivity contribution is 6.06. The zero-order chi connectivity index (χ0) is 22.8. The van der Waals surface area contributed by atoms with Crippen LogP contribution >= 0.6 is 0 Å². The number of oxazole rings is 1. The summed E-state index contributed by atoms with van der Waals surface area (Å²) >= 11 is 0. The topological polar surface area (TPSA) is 93.8 Å². The van der Waals surface area contributed by atoms with Gasteiger partial charge >= 0.3 is 0 Å². The van der Waals surface area contributed by atoms with Crippen molar-refractivity contribution >= 4 is 23.1 Å². The molecule has 1 aliphatic carbocycles. The third kappa shape index (κ3) is 3.82. The van der Waals surface area contributed by atoms with E-state index in [0.717, 1.165) is 27.8 Å². The minimum atomic E-state index is -0.411. The van der Waals surface area contributed by atoms with Gasteiger partial charge in [0.1, 0.15) is 5.82 Å². The molecule has 2 aromatic carbocycles. The van der Waals surface area contributed by atoms with Crippen LogP contribution in [0.5, 0.6) is 17.2 Å². The fourth-order valence-corrected chi connectivity index (χ4v) is 3.73. The maximum Gasteiger partial charge on any atom is 0.288 e. The lowest BCUT2D eigenvalue weighted by atomic mass is 10.00. The van der Waals surface area contributed by atoms with Crippen molar-refractivity contribution in [2.75, 3.05) is 20.8 Å². The summed E-state index contributed by atoms with van der Waals surface area (Å²) in [5.41, 5.74) is 4.79. The zero-order valence-electron chi connectivity index (χ0n) is 17.7. The van der Waals surface area contributed by atoms with Crippen LogP contribution in [0.1, 0.15) is 34.2 Å². The van der Waals surface area contributed by atoms with E-state index in [-0.39, 0.29) is 35.4 Å². The first-order valence-electron chi connectivity index (χ1n) is 9.76. The molecule has 0 radical (unpaired) electrons. The molecular formula is C24H21FN2O5. The monoisotopic (exact) mass is 436 g/mol. The van der Waals surface area contributed by atoms with E-state index >= 15 is 0 Å². The van der Waals surface area contributed by atoms with E-state index in [0.29, 0.717) is 5.56 Å². The van der Waals surface area contributed by atoms with Crippen molar-refractivity contribution in [3.63, 3.8) is 0 Å². The normalized spacial score (nSPS) is 13.9. The average Bonchev–Trinajstić information content (AvgIpc) is 3.41. The van der Waals surface area contributed by atoms with Gasteiger partial charge in [-0.25, -0.2) is 9.37 Å². The smallest absolute Gasteiger partial charge is 0.288 e. The van der Waals surface area contributed by atoms with Gasteiger partial charge in [-0.05, 0) is 70.7 Å². The van der Waals surface area contributed by atoms with Gasteiger partial charge in [-0.15, -0.1) is 0 Å². The van der Waals surface area contributed by atoms with Crippen LogP contribution in [-0.4, -0.2) is 36.8 Å². The molecule has 7 nitrogen and oxygen atoms in total. The summed E-state index contributed by atoms with van der Waals surface area (Å²) in [4.78, 5) is 16.0. The number of carbonyl (C=O) groups is 1. The Bertz CT molecular complexity index is 1220. The number of benzene rings is 2. The van der Waals surface area contributed by atoms with Crippen LogP contribution in [0.25, 0.3) is 17.2 Å². The van der Waals surface area contributed by atoms with Crippen LogP contribution < -0.4 is 14.8 Å². The summed E-state index contributed by atoms with van der Waals surface area (Å²) in [5.74, 6) is -0.227. The standard InChI is InChI=1S/C24H21FN2O5/c1-13-17(6-14-7-20(30-2)23(28)21(8-14)31-3)16-5-4-15(25)9-18(16)19(13)10-27-24(29)22-11-26-12-32-22/h4-9,11-12,28H,10H2,1-3H3,(H,27,29)/b17-6-. The lowest BCUT2D eigenvalue weighted by Gasteiger charge is -2.11. The van der Waals surface area contributed by atoms with E-state index in [9.17, 15) is 14.3 Å². The van der Waals surface area contributed by atoms with Crippen LogP contribution in [0.2, 0.25) is 0 Å². The second kappa shape index (κ2) is 8.58. The largest absolute Gasteiger partial charge is 0.502 e. The highest BCUT2D eigenvalue weighted by Crippen LogP contribution is 2.44. The van der Waals surface area contributed by atoms with Gasteiger partial charge in [-0.3, -0.25) is 4.79 Å². The van der Waals surface area contributed by atoms with Crippen LogP contribution in [0.15, 0.2) is 52.9 Å². The molecule has 0 saturated heterocycles. The Hall–Kier alpha value is -4.07. The summed E-state index contributed by atoms with van der Waals surface area (Å²) in [6.07, 6.45) is 4.41. The molecule has 1 aliphatic rings. The van der Waals surface area contributed by atoms with E-state index in [1.54, 1.807) is 18.2 Å². The highest BCUT2D eigenvalue weighted by Gasteiger charge is 2.25. The number of methoxy groups -OCH3 is 2. The summed E-state index contributed by atoms with van der Waals surface area (Å²) in [6.45, 7) is 2.09. The van der Waals surface area contributed by atoms with Gasteiger partial charge in [-0.2, -0.15) is 0 Å². The molecule has 0 spiro atoms. The van der Waals surface area contributed by atoms with Crippen molar-refractivity contribution in [1.82, 2.24) is 10.3 Å². The quantitative estimate of drug-likeness (QED) is 0.599. The fraction of sp³-hybridized carbons (Fsp3) is 0.167. The number of phenols is 1. The van der Waals surface area contributed by atoms with Gasteiger partial charge in [0.05, 0.1) is 20.4 Å². The average molecular weight is 436 g/mol. The van der Waals surface area contributed by atoms with Crippen molar-refractivity contribution < 1.29 is 28.2 Å². The Morgan fingerprint density at radius 1 is 1.19 bits per heavy atom. The molecule has 0 saturated carbocycles. The van der Waals surface area contributed by atoms with Gasteiger partial charge in [0, 0.05) is 6.54 Å². The van der Waals surface area contributed by atoms with E-state index in [4.69, 9.17) is 13.9 Å². The molecule has 0 aliphatic heterocycles. The van der Waals surface area contributed by atoms with Gasteiger partial charge in [0.2, 0.25) is 11.5 Å². The summed E-state index contributed by atoms with van der Waals surface area (Å²) < 4.78 is 29.6. The van der Waals surface area contributed by atoms with Crippen molar-refractivity contribution in [2.24, 2.45) is 0 Å². The minimum absolute atomic E-state index is 0.0888. The first-order valence-corrected chi connectivity index (χ1v) is 9.76. The fourth-order valence-electron chi connectivity index (χ4n) is 3.73. The summed E-state index contributed by atoms with van der Waals surface area (Å²) in [5, 5.41) is 13.0. The van der Waals surface area contributed by atoms with Gasteiger partial charge in [0.25, 0.3) is 5.91 Å². The number of nitrogens with zero attached hydrogens (tertiary/aromatic N) is 1. The van der Waals surface area contributed by atoms with Crippen LogP contribution in [0, 0.1) is 5.82 Å². The Balaban J connectivity index is 1.75. The number of aromatic nitrogens is 1. The maximum absolute atomic E-state index is 14.1. The van der Waals surface area contributed by atoms with E-state index in [2.05, 4.69) is 10.3 Å². The second-order valence-electron chi connectivity index (χ2n) is 7.17. The molecule has 4 rings (SSSR count). The van der Waals surface area contributed by atoms with Crippen LogP contribution in [0.3, 0.4) is 0 Å². The Kier molecular flexibility index (Phi) is 5.68. The van der Waals surface area contributed by atoms with E-state index in [1.807, 2.05) is 13.0 Å². The van der Waals surface area contributed by atoms with E-state index in [1.165, 1.54) is 38.9 Å². The molecule has 0 unspecified atom stereocenters. The van der Waals surface area contributed by atoms with Crippen molar-refractivity contribution in [1.29, 1.82) is 0 Å². The lowest BCUT2D eigenvalue weighted by molar-refractivity contribution is 0.0931. The predicted molar refractivity (Wildman–Crippen MR) is 117 cm³/mol. The van der Waals surface area contributed by atoms with Crippen molar-refractivity contribution in [3.8, 4) is 17.2 Å². The van der Waals surface area contributed by atoms with Gasteiger partial charge < -0.3 is 24.3 Å². The molecule has 3 aromatic rings. The number of carbonyl (C=O) groups excluding carboxylic acids is 1. The van der Waals surface area contributed by atoms with Crippen molar-refractivity contribution in [3.05, 3.63) is 76.8 Å². The third-order valence-electron chi connectivity index (χ3n) is 5.35. The summed E-state index contributed by atoms with van der Waals surface area (Å²) in [7, 11) is 2.92. The first-order chi connectivity index (χ1) is 15.4. The predicted octanol–water partition coefficient (Wildman–Crippen LogP) is 4.29. The van der Waals surface area contributed by atoms with Crippen molar-refractivity contribution in [2.45, 2.75) is 6.92 Å². The molecule has 1 heterocycles. The molecule has 164 valence electrons. The lowest BCUT2D eigenvalue weighted by Crippen LogP contribution is -2.24. The Morgan fingerprint density at radius 2 is 1.91 bits per heavy atom. The number of aromatic hydroxyl groups is 1. The van der Waals surface area contributed by atoms with Gasteiger partial charge in [-0.1, -0.05) is 6.07 Å². The van der Waals surface area contributed by atoms with Crippen LogP contribution in [-0.2, 0) is 0 Å². The number of amides is 1. The number of ether oxygens (including phenoxy) is 2. The Labute approximate surface area is 183 Å². The zero-order valence-corrected chi connectivity index (χ0v) is 17.7. The summed E-state index contributed by atoms with van der Waals surface area (Å²) in [6, 6.07) is 7.93. The van der Waals surface area contributed by atoms with Crippen LogP contribution in [0.4, 0.5) is 4.39 Å². The molecule has 8 heteroatoms.